The summed E-state index contributed by atoms with van der Waals surface area (Å²) in [6, 6.07) is 0. The molecule has 0 rings (SSSR count). The topological polar surface area (TPSA) is 38.7 Å². The molecule has 0 amide bonds. The molecule has 0 aliphatic carbocycles. The second-order valence-electron chi connectivity index (χ2n) is 11.9. The average molecular weight is 419 g/mol. The van der Waals surface area contributed by atoms with Gasteiger partial charge in [-0.3, -0.25) is 0 Å². The minimum atomic E-state index is -1.87. The summed E-state index contributed by atoms with van der Waals surface area (Å²) in [5.74, 6) is 1.05. The van der Waals surface area contributed by atoms with Gasteiger partial charge in [-0.1, -0.05) is 62.3 Å². The highest BCUT2D eigenvalue weighted by atomic mass is 28.4. The van der Waals surface area contributed by atoms with Gasteiger partial charge >= 0.3 is 0 Å². The molecule has 3 nitrogen and oxygen atoms in total. The van der Waals surface area contributed by atoms with E-state index >= 15 is 0 Å². The van der Waals surface area contributed by atoms with Crippen LogP contribution >= 0.6 is 0 Å². The molecule has 0 aliphatic heterocycles. The van der Waals surface area contributed by atoms with Crippen LogP contribution < -0.4 is 0 Å². The molecular formula is C22H50O3Si2. The van der Waals surface area contributed by atoms with Crippen molar-refractivity contribution in [3.63, 3.8) is 0 Å². The number of aliphatic hydroxyl groups excluding tert-OH is 1. The Bertz CT molecular complexity index is 436. The highest BCUT2D eigenvalue weighted by molar-refractivity contribution is 6.74. The summed E-state index contributed by atoms with van der Waals surface area (Å²) in [5.41, 5.74) is 0. The normalized spacial score (nSPS) is 18.9. The molecule has 0 aromatic rings. The molecule has 0 aromatic carbocycles. The zero-order valence-corrected chi connectivity index (χ0v) is 22.7. The second kappa shape index (κ2) is 9.88. The molecule has 0 fully saturated rings. The highest BCUT2D eigenvalue weighted by Crippen LogP contribution is 2.40. The van der Waals surface area contributed by atoms with Gasteiger partial charge in [0, 0.05) is 19.1 Å². The third-order valence-corrected chi connectivity index (χ3v) is 15.9. The van der Waals surface area contributed by atoms with Crippen LogP contribution in [0.3, 0.4) is 0 Å². The van der Waals surface area contributed by atoms with E-state index in [1.54, 1.807) is 0 Å². The van der Waals surface area contributed by atoms with Gasteiger partial charge in [0.1, 0.15) is 0 Å². The maximum Gasteiger partial charge on any atom is 0.192 e. The molecule has 0 bridgehead atoms. The summed E-state index contributed by atoms with van der Waals surface area (Å²) < 4.78 is 13.2. The van der Waals surface area contributed by atoms with Gasteiger partial charge in [-0.25, -0.2) is 0 Å². The smallest absolute Gasteiger partial charge is 0.192 e. The van der Waals surface area contributed by atoms with Gasteiger partial charge in [0.2, 0.25) is 0 Å². The van der Waals surface area contributed by atoms with Crippen LogP contribution in [0.25, 0.3) is 0 Å². The first kappa shape index (κ1) is 27.3. The van der Waals surface area contributed by atoms with Crippen LogP contribution in [0.15, 0.2) is 0 Å². The van der Waals surface area contributed by atoms with Crippen LogP contribution in [0.1, 0.15) is 68.7 Å². The van der Waals surface area contributed by atoms with E-state index in [2.05, 4.69) is 88.5 Å². The molecule has 0 saturated carbocycles. The van der Waals surface area contributed by atoms with Crippen molar-refractivity contribution in [2.45, 2.75) is 111 Å². The van der Waals surface area contributed by atoms with Crippen molar-refractivity contribution >= 4 is 16.6 Å². The Morgan fingerprint density at radius 3 is 1.59 bits per heavy atom. The van der Waals surface area contributed by atoms with Crippen LogP contribution in [0.5, 0.6) is 0 Å². The highest BCUT2D eigenvalue weighted by Gasteiger charge is 2.42. The molecule has 1 N–H and O–H groups in total. The van der Waals surface area contributed by atoms with Crippen molar-refractivity contribution in [3.05, 3.63) is 0 Å². The third kappa shape index (κ3) is 8.29. The van der Waals surface area contributed by atoms with Crippen molar-refractivity contribution in [2.24, 2.45) is 17.8 Å². The first-order valence-corrected chi connectivity index (χ1v) is 16.6. The number of hydrogen-bond acceptors (Lipinski definition) is 3. The third-order valence-electron chi connectivity index (χ3n) is 6.96. The molecule has 4 atom stereocenters. The second-order valence-corrected chi connectivity index (χ2v) is 21.5. The maximum absolute atomic E-state index is 9.80. The minimum absolute atomic E-state index is 0.103. The lowest BCUT2D eigenvalue weighted by atomic mass is 9.87. The molecular weight excluding hydrogens is 368 g/mol. The zero-order valence-electron chi connectivity index (χ0n) is 20.7. The summed E-state index contributed by atoms with van der Waals surface area (Å²) in [7, 11) is -3.57. The quantitative estimate of drug-likeness (QED) is 0.402. The standard InChI is InChI=1S/C22H50O3Si2/c1-17(16-24-26(10,11)21(4,5)6)14-18(2)20(19(3)15-23)25-27(12,13)22(7,8)9/h17-20,23H,14-16H2,1-13H3/t17-,18+,19+,20-/m1/s1. The lowest BCUT2D eigenvalue weighted by Crippen LogP contribution is -2.48. The Kier molecular flexibility index (Phi) is 9.99. The fraction of sp³-hybridized carbons (Fsp3) is 1.00. The van der Waals surface area contributed by atoms with Crippen molar-refractivity contribution in [1.82, 2.24) is 0 Å². The number of aliphatic hydroxyl groups is 1. The van der Waals surface area contributed by atoms with Gasteiger partial charge in [0.25, 0.3) is 0 Å². The molecule has 0 aromatic heterocycles. The molecule has 5 heteroatoms. The fourth-order valence-corrected chi connectivity index (χ4v) is 5.45. The van der Waals surface area contributed by atoms with E-state index in [0.717, 1.165) is 13.0 Å². The molecule has 0 saturated heterocycles. The van der Waals surface area contributed by atoms with E-state index in [-0.39, 0.29) is 28.7 Å². The lowest BCUT2D eigenvalue weighted by molar-refractivity contribution is 0.0348. The van der Waals surface area contributed by atoms with Crippen LogP contribution in [0, 0.1) is 17.8 Å². The molecule has 164 valence electrons. The number of hydrogen-bond donors (Lipinski definition) is 1. The van der Waals surface area contributed by atoms with Gasteiger partial charge in [0.05, 0.1) is 6.10 Å². The molecule has 0 heterocycles. The molecule has 0 radical (unpaired) electrons. The minimum Gasteiger partial charge on any atom is -0.417 e. The van der Waals surface area contributed by atoms with Crippen LogP contribution in [-0.2, 0) is 8.85 Å². The van der Waals surface area contributed by atoms with Crippen molar-refractivity contribution < 1.29 is 14.0 Å². The van der Waals surface area contributed by atoms with Crippen molar-refractivity contribution in [3.8, 4) is 0 Å². The van der Waals surface area contributed by atoms with Crippen LogP contribution in [-0.4, -0.2) is 41.1 Å². The summed E-state index contributed by atoms with van der Waals surface area (Å²) in [6.45, 7) is 30.6. The molecule has 0 spiro atoms. The van der Waals surface area contributed by atoms with E-state index in [1.807, 2.05) is 0 Å². The molecule has 0 aliphatic rings. The monoisotopic (exact) mass is 418 g/mol. The van der Waals surface area contributed by atoms with Crippen molar-refractivity contribution in [1.29, 1.82) is 0 Å². The Balaban J connectivity index is 5.03. The van der Waals surface area contributed by atoms with E-state index in [0.29, 0.717) is 11.8 Å². The Morgan fingerprint density at radius 1 is 0.778 bits per heavy atom. The van der Waals surface area contributed by atoms with E-state index in [9.17, 15) is 5.11 Å². The largest absolute Gasteiger partial charge is 0.417 e. The van der Waals surface area contributed by atoms with Gasteiger partial charge in [0.15, 0.2) is 16.6 Å². The summed E-state index contributed by atoms with van der Waals surface area (Å²) in [6.07, 6.45) is 1.17. The Morgan fingerprint density at radius 2 is 1.22 bits per heavy atom. The van der Waals surface area contributed by atoms with E-state index in [1.165, 1.54) is 0 Å². The van der Waals surface area contributed by atoms with Crippen LogP contribution in [0.2, 0.25) is 36.3 Å². The summed E-state index contributed by atoms with van der Waals surface area (Å²) in [4.78, 5) is 0. The molecule has 0 unspecified atom stereocenters. The average Bonchev–Trinajstić information content (AvgIpc) is 2.47. The first-order valence-electron chi connectivity index (χ1n) is 10.8. The van der Waals surface area contributed by atoms with Gasteiger partial charge in [-0.2, -0.15) is 0 Å². The van der Waals surface area contributed by atoms with Gasteiger partial charge < -0.3 is 14.0 Å². The fourth-order valence-electron chi connectivity index (χ4n) is 2.82. The lowest BCUT2D eigenvalue weighted by Gasteiger charge is -2.43. The van der Waals surface area contributed by atoms with Crippen LogP contribution in [0.4, 0.5) is 0 Å². The van der Waals surface area contributed by atoms with E-state index in [4.69, 9.17) is 8.85 Å². The SMILES string of the molecule is C[C@@H](CO[Si](C)(C)C(C)(C)C)C[C@H](C)[C@@H](O[Si](C)(C)C(C)(C)C)[C@@H](C)CO. The first-order chi connectivity index (χ1) is 11.9. The maximum atomic E-state index is 9.80. The Labute approximate surface area is 172 Å². The van der Waals surface area contributed by atoms with Gasteiger partial charge in [-0.05, 0) is 54.5 Å². The molecule has 27 heavy (non-hydrogen) atoms. The number of rotatable bonds is 10. The predicted octanol–water partition coefficient (Wildman–Crippen LogP) is 6.69. The van der Waals surface area contributed by atoms with Gasteiger partial charge in [-0.15, -0.1) is 0 Å². The van der Waals surface area contributed by atoms with Crippen molar-refractivity contribution in [2.75, 3.05) is 13.2 Å². The zero-order chi connectivity index (χ0) is 21.8. The summed E-state index contributed by atoms with van der Waals surface area (Å²) >= 11 is 0. The Hall–Kier alpha value is 0.314. The van der Waals surface area contributed by atoms with E-state index < -0.39 is 16.6 Å². The summed E-state index contributed by atoms with van der Waals surface area (Å²) in [5, 5.41) is 10.2. The predicted molar refractivity (Wildman–Crippen MR) is 124 cm³/mol.